The molecule has 2 N–H and O–H groups in total. The molecule has 0 spiro atoms. The van der Waals surface area contributed by atoms with Crippen LogP contribution >= 0.6 is 0 Å². The first-order valence-electron chi connectivity index (χ1n) is 5.64. The van der Waals surface area contributed by atoms with Crippen molar-refractivity contribution in [3.05, 3.63) is 35.4 Å². The van der Waals surface area contributed by atoms with Crippen molar-refractivity contribution >= 4 is 5.91 Å². The van der Waals surface area contributed by atoms with Crippen LogP contribution in [0.2, 0.25) is 0 Å². The number of hydrogen-bond acceptors (Lipinski definition) is 2. The van der Waals surface area contributed by atoms with E-state index in [1.54, 1.807) is 0 Å². The lowest BCUT2D eigenvalue weighted by Crippen LogP contribution is -2.27. The summed E-state index contributed by atoms with van der Waals surface area (Å²) in [7, 11) is 0. The van der Waals surface area contributed by atoms with Gasteiger partial charge in [-0.1, -0.05) is 36.8 Å². The van der Waals surface area contributed by atoms with E-state index in [1.807, 2.05) is 38.1 Å². The van der Waals surface area contributed by atoms with Crippen LogP contribution in [-0.4, -0.2) is 17.6 Å². The Balaban J connectivity index is 2.43. The number of benzene rings is 1. The van der Waals surface area contributed by atoms with Crippen LogP contribution in [0.4, 0.5) is 0 Å². The molecule has 1 amide bonds. The van der Waals surface area contributed by atoms with Gasteiger partial charge in [0.15, 0.2) is 0 Å². The van der Waals surface area contributed by atoms with Gasteiger partial charge in [0.25, 0.3) is 0 Å². The number of aliphatic hydroxyl groups excluding tert-OH is 1. The van der Waals surface area contributed by atoms with E-state index in [4.69, 9.17) is 0 Å². The highest BCUT2D eigenvalue weighted by Crippen LogP contribution is 2.12. The van der Waals surface area contributed by atoms with Gasteiger partial charge >= 0.3 is 0 Å². The Morgan fingerprint density at radius 3 is 2.56 bits per heavy atom. The van der Waals surface area contributed by atoms with Gasteiger partial charge in [0.05, 0.1) is 6.10 Å². The molecule has 0 bridgehead atoms. The first-order chi connectivity index (χ1) is 7.63. The summed E-state index contributed by atoms with van der Waals surface area (Å²) in [6.07, 6.45) is 0.717. The number of aliphatic hydroxyl groups is 1. The number of rotatable bonds is 5. The molecule has 1 rings (SSSR count). The minimum atomic E-state index is -0.624. The fourth-order valence-corrected chi connectivity index (χ4v) is 1.43. The zero-order valence-corrected chi connectivity index (χ0v) is 9.86. The molecular weight excluding hydrogens is 202 g/mol. The summed E-state index contributed by atoms with van der Waals surface area (Å²) in [6, 6.07) is 7.66. The lowest BCUT2D eigenvalue weighted by Gasteiger charge is -2.12. The molecule has 0 heterocycles. The van der Waals surface area contributed by atoms with Crippen LogP contribution in [0.15, 0.2) is 24.3 Å². The minimum absolute atomic E-state index is 0.00587. The van der Waals surface area contributed by atoms with Crippen molar-refractivity contribution < 1.29 is 9.90 Å². The predicted octanol–water partition coefficient (Wildman–Crippen LogP) is 1.94. The van der Waals surface area contributed by atoms with Crippen molar-refractivity contribution in [2.75, 3.05) is 6.54 Å². The van der Waals surface area contributed by atoms with E-state index in [-0.39, 0.29) is 12.5 Å². The Kier molecular flexibility index (Phi) is 4.99. The highest BCUT2D eigenvalue weighted by atomic mass is 16.3. The molecule has 0 aliphatic heterocycles. The van der Waals surface area contributed by atoms with Crippen molar-refractivity contribution in [1.82, 2.24) is 5.32 Å². The molecule has 0 saturated carbocycles. The topological polar surface area (TPSA) is 49.3 Å². The molecule has 0 unspecified atom stereocenters. The van der Waals surface area contributed by atoms with Gasteiger partial charge in [0.1, 0.15) is 0 Å². The van der Waals surface area contributed by atoms with Crippen LogP contribution < -0.4 is 5.32 Å². The standard InChI is InChI=1S/C13H19NO2/c1-3-4-13(16)14-9-12(15)11-7-5-10(2)6-8-11/h5-8,12,15H,3-4,9H2,1-2H3,(H,14,16)/t12-/m0/s1. The van der Waals surface area contributed by atoms with Crippen LogP contribution in [0.5, 0.6) is 0 Å². The molecule has 3 nitrogen and oxygen atoms in total. The van der Waals surface area contributed by atoms with Crippen molar-refractivity contribution in [2.45, 2.75) is 32.8 Å². The van der Waals surface area contributed by atoms with Gasteiger partial charge in [-0.2, -0.15) is 0 Å². The summed E-state index contributed by atoms with van der Waals surface area (Å²) >= 11 is 0. The molecule has 1 atom stereocenters. The van der Waals surface area contributed by atoms with Gasteiger partial charge < -0.3 is 10.4 Å². The molecule has 0 aliphatic carbocycles. The molecule has 0 radical (unpaired) electrons. The number of carbonyl (C=O) groups is 1. The monoisotopic (exact) mass is 221 g/mol. The SMILES string of the molecule is CCCC(=O)NC[C@H](O)c1ccc(C)cc1. The smallest absolute Gasteiger partial charge is 0.220 e. The Labute approximate surface area is 96.5 Å². The van der Waals surface area contributed by atoms with Gasteiger partial charge in [0, 0.05) is 13.0 Å². The molecule has 0 fully saturated rings. The van der Waals surface area contributed by atoms with Crippen molar-refractivity contribution in [1.29, 1.82) is 0 Å². The number of amides is 1. The number of carbonyl (C=O) groups excluding carboxylic acids is 1. The lowest BCUT2D eigenvalue weighted by atomic mass is 10.1. The number of aryl methyl sites for hydroxylation is 1. The second kappa shape index (κ2) is 6.28. The molecule has 1 aromatic carbocycles. The maximum atomic E-state index is 11.2. The van der Waals surface area contributed by atoms with Crippen molar-refractivity contribution in [2.24, 2.45) is 0 Å². The molecule has 88 valence electrons. The summed E-state index contributed by atoms with van der Waals surface area (Å²) in [4.78, 5) is 11.2. The fraction of sp³-hybridized carbons (Fsp3) is 0.462. The Morgan fingerprint density at radius 1 is 1.38 bits per heavy atom. The van der Waals surface area contributed by atoms with Gasteiger partial charge in [0.2, 0.25) is 5.91 Å². The second-order valence-electron chi connectivity index (χ2n) is 3.98. The maximum Gasteiger partial charge on any atom is 0.220 e. The minimum Gasteiger partial charge on any atom is -0.387 e. The molecule has 1 aromatic rings. The first-order valence-corrected chi connectivity index (χ1v) is 5.64. The normalized spacial score (nSPS) is 12.2. The third-order valence-corrected chi connectivity index (χ3v) is 2.43. The third kappa shape index (κ3) is 4.03. The van der Waals surface area contributed by atoms with Gasteiger partial charge in [-0.15, -0.1) is 0 Å². The quantitative estimate of drug-likeness (QED) is 0.798. The van der Waals surface area contributed by atoms with Crippen LogP contribution in [0.25, 0.3) is 0 Å². The highest BCUT2D eigenvalue weighted by Gasteiger charge is 2.08. The zero-order valence-electron chi connectivity index (χ0n) is 9.86. The van der Waals surface area contributed by atoms with E-state index in [2.05, 4.69) is 5.32 Å². The number of hydrogen-bond donors (Lipinski definition) is 2. The lowest BCUT2D eigenvalue weighted by molar-refractivity contribution is -0.121. The summed E-state index contributed by atoms with van der Waals surface area (Å²) in [5.41, 5.74) is 1.99. The average molecular weight is 221 g/mol. The predicted molar refractivity (Wildman–Crippen MR) is 64.1 cm³/mol. The number of nitrogens with one attached hydrogen (secondary N) is 1. The average Bonchev–Trinajstić information content (AvgIpc) is 2.27. The Morgan fingerprint density at radius 2 is 2.00 bits per heavy atom. The molecule has 0 aromatic heterocycles. The van der Waals surface area contributed by atoms with Crippen LogP contribution in [0.1, 0.15) is 37.0 Å². The summed E-state index contributed by atoms with van der Waals surface area (Å²) in [6.45, 7) is 4.23. The van der Waals surface area contributed by atoms with E-state index in [9.17, 15) is 9.90 Å². The highest BCUT2D eigenvalue weighted by molar-refractivity contribution is 5.75. The van der Waals surface area contributed by atoms with Crippen molar-refractivity contribution in [3.8, 4) is 0 Å². The van der Waals surface area contributed by atoms with Crippen LogP contribution in [0.3, 0.4) is 0 Å². The van der Waals surface area contributed by atoms with Crippen LogP contribution in [-0.2, 0) is 4.79 Å². The van der Waals surface area contributed by atoms with Crippen LogP contribution in [0, 0.1) is 6.92 Å². The molecule has 16 heavy (non-hydrogen) atoms. The van der Waals surface area contributed by atoms with E-state index < -0.39 is 6.10 Å². The summed E-state index contributed by atoms with van der Waals surface area (Å²) in [5.74, 6) is -0.00587. The molecule has 3 heteroatoms. The van der Waals surface area contributed by atoms with E-state index in [0.717, 1.165) is 17.5 Å². The second-order valence-corrected chi connectivity index (χ2v) is 3.98. The molecule has 0 aliphatic rings. The van der Waals surface area contributed by atoms with Gasteiger partial charge in [-0.05, 0) is 18.9 Å². The zero-order chi connectivity index (χ0) is 12.0. The van der Waals surface area contributed by atoms with E-state index in [0.29, 0.717) is 6.42 Å². The van der Waals surface area contributed by atoms with E-state index in [1.165, 1.54) is 0 Å². The summed E-state index contributed by atoms with van der Waals surface area (Å²) in [5, 5.41) is 12.5. The summed E-state index contributed by atoms with van der Waals surface area (Å²) < 4.78 is 0. The largest absolute Gasteiger partial charge is 0.387 e. The maximum absolute atomic E-state index is 11.2. The van der Waals surface area contributed by atoms with Gasteiger partial charge in [-0.25, -0.2) is 0 Å². The van der Waals surface area contributed by atoms with Crippen molar-refractivity contribution in [3.63, 3.8) is 0 Å². The van der Waals surface area contributed by atoms with E-state index >= 15 is 0 Å². The Bertz CT molecular complexity index is 332. The van der Waals surface area contributed by atoms with Gasteiger partial charge in [-0.3, -0.25) is 4.79 Å². The first kappa shape index (κ1) is 12.7. The molecular formula is C13H19NO2. The third-order valence-electron chi connectivity index (χ3n) is 2.43. The molecule has 0 saturated heterocycles. The fourth-order valence-electron chi connectivity index (χ4n) is 1.43. The Hall–Kier alpha value is -1.35.